The lowest BCUT2D eigenvalue weighted by molar-refractivity contribution is -0.128. The fourth-order valence-corrected chi connectivity index (χ4v) is 3.09. The number of aromatic nitrogens is 2. The van der Waals surface area contributed by atoms with Gasteiger partial charge in [0.25, 0.3) is 5.91 Å². The average Bonchev–Trinajstić information content (AvgIpc) is 3.14. The molecule has 0 aromatic carbocycles. The van der Waals surface area contributed by atoms with Crippen molar-refractivity contribution in [1.82, 2.24) is 19.8 Å². The van der Waals surface area contributed by atoms with Crippen molar-refractivity contribution in [3.05, 3.63) is 41.1 Å². The van der Waals surface area contributed by atoms with E-state index in [9.17, 15) is 9.59 Å². The molecule has 1 aliphatic rings. The van der Waals surface area contributed by atoms with Crippen molar-refractivity contribution in [3.8, 4) is 0 Å². The summed E-state index contributed by atoms with van der Waals surface area (Å²) in [5, 5.41) is 4.82. The predicted molar refractivity (Wildman–Crippen MR) is 83.6 cm³/mol. The first-order valence-corrected chi connectivity index (χ1v) is 8.18. The number of amides is 2. The second kappa shape index (κ2) is 6.74. The SMILES string of the molecule is O=C(NCCCn1ccnc1)C1CN(C(=O)c2cccs2)C1. The molecule has 7 heteroatoms. The highest BCUT2D eigenvalue weighted by Gasteiger charge is 2.36. The maximum atomic E-state index is 12.0. The summed E-state index contributed by atoms with van der Waals surface area (Å²) in [6.07, 6.45) is 6.28. The van der Waals surface area contributed by atoms with Gasteiger partial charge in [-0.2, -0.15) is 0 Å². The Hall–Kier alpha value is -2.15. The van der Waals surface area contributed by atoms with E-state index in [-0.39, 0.29) is 17.7 Å². The zero-order chi connectivity index (χ0) is 15.4. The van der Waals surface area contributed by atoms with Crippen LogP contribution in [0.3, 0.4) is 0 Å². The van der Waals surface area contributed by atoms with Crippen LogP contribution in [-0.2, 0) is 11.3 Å². The largest absolute Gasteiger partial charge is 0.356 e. The van der Waals surface area contributed by atoms with Crippen molar-refractivity contribution in [2.75, 3.05) is 19.6 Å². The average molecular weight is 318 g/mol. The van der Waals surface area contributed by atoms with Crippen LogP contribution in [0.4, 0.5) is 0 Å². The van der Waals surface area contributed by atoms with Crippen molar-refractivity contribution in [3.63, 3.8) is 0 Å². The van der Waals surface area contributed by atoms with E-state index in [0.29, 0.717) is 19.6 Å². The summed E-state index contributed by atoms with van der Waals surface area (Å²) in [4.78, 5) is 30.5. The van der Waals surface area contributed by atoms with Crippen LogP contribution in [0.25, 0.3) is 0 Å². The molecule has 0 saturated carbocycles. The number of nitrogens with zero attached hydrogens (tertiary/aromatic N) is 3. The van der Waals surface area contributed by atoms with Crippen LogP contribution < -0.4 is 5.32 Å². The summed E-state index contributed by atoms with van der Waals surface area (Å²) in [6, 6.07) is 3.68. The number of carbonyl (C=O) groups is 2. The van der Waals surface area contributed by atoms with E-state index in [1.807, 2.05) is 28.3 Å². The molecular formula is C15H18N4O2S. The summed E-state index contributed by atoms with van der Waals surface area (Å²) in [5.74, 6) is -0.00262. The van der Waals surface area contributed by atoms with Crippen LogP contribution in [0.5, 0.6) is 0 Å². The second-order valence-corrected chi connectivity index (χ2v) is 6.28. The number of likely N-dealkylation sites (tertiary alicyclic amines) is 1. The van der Waals surface area contributed by atoms with Crippen molar-refractivity contribution < 1.29 is 9.59 Å². The molecule has 0 bridgehead atoms. The molecule has 2 amide bonds. The fraction of sp³-hybridized carbons (Fsp3) is 0.400. The maximum absolute atomic E-state index is 12.0. The molecule has 0 atom stereocenters. The molecule has 3 heterocycles. The van der Waals surface area contributed by atoms with Gasteiger partial charge in [0, 0.05) is 38.6 Å². The standard InChI is InChI=1S/C15H18N4O2S/c20-14(17-4-2-6-18-7-5-16-11-18)12-9-19(10-12)15(21)13-3-1-8-22-13/h1,3,5,7-8,11-12H,2,4,6,9-10H2,(H,17,20). The van der Waals surface area contributed by atoms with Crippen LogP contribution in [0.2, 0.25) is 0 Å². The molecule has 116 valence electrons. The molecule has 1 fully saturated rings. The topological polar surface area (TPSA) is 67.2 Å². The number of thiophene rings is 1. The zero-order valence-electron chi connectivity index (χ0n) is 12.1. The highest BCUT2D eigenvalue weighted by molar-refractivity contribution is 7.12. The van der Waals surface area contributed by atoms with Gasteiger partial charge in [0.1, 0.15) is 0 Å². The van der Waals surface area contributed by atoms with Crippen LogP contribution in [0.1, 0.15) is 16.1 Å². The molecule has 2 aromatic rings. The second-order valence-electron chi connectivity index (χ2n) is 5.33. The lowest BCUT2D eigenvalue weighted by atomic mass is 9.99. The molecule has 1 aliphatic heterocycles. The molecule has 1 saturated heterocycles. The summed E-state index contributed by atoms with van der Waals surface area (Å²) in [6.45, 7) is 2.52. The van der Waals surface area contributed by atoms with E-state index < -0.39 is 0 Å². The van der Waals surface area contributed by atoms with Gasteiger partial charge in [-0.1, -0.05) is 6.07 Å². The summed E-state index contributed by atoms with van der Waals surface area (Å²) >= 11 is 1.43. The number of hydrogen-bond donors (Lipinski definition) is 1. The van der Waals surface area contributed by atoms with E-state index in [1.54, 1.807) is 17.4 Å². The highest BCUT2D eigenvalue weighted by atomic mass is 32.1. The maximum Gasteiger partial charge on any atom is 0.263 e. The van der Waals surface area contributed by atoms with Gasteiger partial charge >= 0.3 is 0 Å². The third-order valence-electron chi connectivity index (χ3n) is 3.72. The molecule has 22 heavy (non-hydrogen) atoms. The Labute approximate surface area is 132 Å². The Balaban J connectivity index is 1.34. The number of nitrogens with one attached hydrogen (secondary N) is 1. The van der Waals surface area contributed by atoms with Crippen LogP contribution in [-0.4, -0.2) is 45.9 Å². The Kier molecular flexibility index (Phi) is 4.53. The van der Waals surface area contributed by atoms with Gasteiger partial charge in [-0.05, 0) is 17.9 Å². The molecule has 0 aliphatic carbocycles. The van der Waals surface area contributed by atoms with E-state index in [1.165, 1.54) is 11.3 Å². The van der Waals surface area contributed by atoms with Gasteiger partial charge < -0.3 is 14.8 Å². The number of aryl methyl sites for hydroxylation is 1. The molecule has 0 radical (unpaired) electrons. The molecule has 0 unspecified atom stereocenters. The smallest absolute Gasteiger partial charge is 0.263 e. The Bertz CT molecular complexity index is 618. The quantitative estimate of drug-likeness (QED) is 0.815. The van der Waals surface area contributed by atoms with Gasteiger partial charge in [0.2, 0.25) is 5.91 Å². The minimum absolute atomic E-state index is 0.0270. The summed E-state index contributed by atoms with van der Waals surface area (Å²) < 4.78 is 1.98. The minimum atomic E-state index is -0.0721. The predicted octanol–water partition coefficient (Wildman–Crippen LogP) is 1.22. The number of rotatable bonds is 6. The van der Waals surface area contributed by atoms with Gasteiger partial charge in [0.05, 0.1) is 17.1 Å². The number of hydrogen-bond acceptors (Lipinski definition) is 4. The monoisotopic (exact) mass is 318 g/mol. The molecule has 6 nitrogen and oxygen atoms in total. The summed E-state index contributed by atoms with van der Waals surface area (Å²) in [7, 11) is 0. The van der Waals surface area contributed by atoms with Crippen LogP contribution in [0.15, 0.2) is 36.2 Å². The third-order valence-corrected chi connectivity index (χ3v) is 4.58. The lowest BCUT2D eigenvalue weighted by Gasteiger charge is -2.37. The van der Waals surface area contributed by atoms with Gasteiger partial charge in [0.15, 0.2) is 0 Å². The van der Waals surface area contributed by atoms with Gasteiger partial charge in [-0.25, -0.2) is 4.98 Å². The molecule has 0 spiro atoms. The van der Waals surface area contributed by atoms with Gasteiger partial charge in [-0.15, -0.1) is 11.3 Å². The van der Waals surface area contributed by atoms with E-state index in [2.05, 4.69) is 10.3 Å². The molecule has 1 N–H and O–H groups in total. The minimum Gasteiger partial charge on any atom is -0.356 e. The molecule has 2 aromatic heterocycles. The zero-order valence-corrected chi connectivity index (χ0v) is 13.0. The van der Waals surface area contributed by atoms with Gasteiger partial charge in [-0.3, -0.25) is 9.59 Å². The van der Waals surface area contributed by atoms with Crippen molar-refractivity contribution in [1.29, 1.82) is 0 Å². The first-order valence-electron chi connectivity index (χ1n) is 7.30. The molecular weight excluding hydrogens is 300 g/mol. The van der Waals surface area contributed by atoms with E-state index in [4.69, 9.17) is 0 Å². The Morgan fingerprint density at radius 3 is 2.95 bits per heavy atom. The Morgan fingerprint density at radius 2 is 2.27 bits per heavy atom. The first kappa shape index (κ1) is 14.8. The van der Waals surface area contributed by atoms with Crippen LogP contribution >= 0.6 is 11.3 Å². The summed E-state index contributed by atoms with van der Waals surface area (Å²) in [5.41, 5.74) is 0. The van der Waals surface area contributed by atoms with Crippen molar-refractivity contribution >= 4 is 23.2 Å². The van der Waals surface area contributed by atoms with Crippen molar-refractivity contribution in [2.24, 2.45) is 5.92 Å². The first-order chi connectivity index (χ1) is 10.7. The number of imidazole rings is 1. The van der Waals surface area contributed by atoms with E-state index in [0.717, 1.165) is 17.8 Å². The van der Waals surface area contributed by atoms with Crippen LogP contribution in [0, 0.1) is 5.92 Å². The molecule has 3 rings (SSSR count). The van der Waals surface area contributed by atoms with E-state index >= 15 is 0 Å². The number of carbonyl (C=O) groups excluding carboxylic acids is 2. The van der Waals surface area contributed by atoms with Crippen molar-refractivity contribution in [2.45, 2.75) is 13.0 Å². The normalized spacial score (nSPS) is 14.6. The third kappa shape index (κ3) is 3.36. The highest BCUT2D eigenvalue weighted by Crippen LogP contribution is 2.21. The lowest BCUT2D eigenvalue weighted by Crippen LogP contribution is -2.55. The Morgan fingerprint density at radius 1 is 1.41 bits per heavy atom. The fourth-order valence-electron chi connectivity index (χ4n) is 2.40.